The number of H-pyrrole nitrogens is 2. The summed E-state index contributed by atoms with van der Waals surface area (Å²) in [6.45, 7) is 10.0. The Hall–Kier alpha value is -7.54. The smallest absolute Gasteiger partial charge is 0.394 e. The Labute approximate surface area is 361 Å². The van der Waals surface area contributed by atoms with Crippen molar-refractivity contribution < 1.29 is 33.9 Å². The number of carboxylic acids is 1. The molecule has 4 aromatic heterocycles. The number of aryl methyl sites for hydroxylation is 2. The van der Waals surface area contributed by atoms with Crippen LogP contribution in [0.15, 0.2) is 73.3 Å². The Morgan fingerprint density at radius 2 is 1.21 bits per heavy atom. The third kappa shape index (κ3) is 11.2. The number of amides is 5. The number of aromatic amines is 2. The van der Waals surface area contributed by atoms with E-state index < -0.39 is 35.5 Å². The van der Waals surface area contributed by atoms with E-state index in [1.54, 1.807) is 4.90 Å². The number of carbonyl (C=O) groups excluding carboxylic acids is 5. The lowest BCUT2D eigenvalue weighted by atomic mass is 9.89. The number of nitrogens with zero attached hydrogens (tertiary/aromatic N) is 5. The molecule has 328 valence electrons. The van der Waals surface area contributed by atoms with Crippen LogP contribution < -0.4 is 27.4 Å². The number of carboxylic acid groups (broad SMARTS) is 1. The van der Waals surface area contributed by atoms with Crippen LogP contribution in [0.2, 0.25) is 0 Å². The second-order valence-electron chi connectivity index (χ2n) is 15.9. The van der Waals surface area contributed by atoms with E-state index in [1.807, 2.05) is 30.4 Å². The maximum Gasteiger partial charge on any atom is 0.394 e. The number of aliphatic carboxylic acids is 1. The van der Waals surface area contributed by atoms with Gasteiger partial charge in [0.25, 0.3) is 0 Å². The molecule has 0 spiro atoms. The van der Waals surface area contributed by atoms with Crippen LogP contribution >= 0.6 is 0 Å². The third-order valence-corrected chi connectivity index (χ3v) is 11.0. The summed E-state index contributed by atoms with van der Waals surface area (Å²) in [5.74, 6) is -4.51. The zero-order chi connectivity index (χ0) is 45.4. The van der Waals surface area contributed by atoms with Crippen LogP contribution in [0.3, 0.4) is 0 Å². The molecule has 0 unspecified atom stereocenters. The van der Waals surface area contributed by atoms with Crippen LogP contribution in [0, 0.1) is 25.7 Å². The molecule has 2 aliphatic heterocycles. The molecule has 63 heavy (non-hydrogen) atoms. The SMILES string of the molecule is Cc1[nH]nc2ccc([C@@H]3CC[C@@H](C)CN3)cc12.Cc1[nH]nc2ccc([C@@H]3CC[C@@H](C)CN3C(=O)C(=O)Nc3cncc(C(N)=O)c3)cc12.NC(=O)c1cncc(NC(=O)C(=O)O)c1. The summed E-state index contributed by atoms with van der Waals surface area (Å²) in [6, 6.07) is 15.5. The quantitative estimate of drug-likeness (QED) is 0.108. The molecule has 2 aliphatic rings. The Morgan fingerprint density at radius 1 is 0.683 bits per heavy atom. The largest absolute Gasteiger partial charge is 0.474 e. The van der Waals surface area contributed by atoms with E-state index in [0.717, 1.165) is 58.7 Å². The van der Waals surface area contributed by atoms with Gasteiger partial charge in [0, 0.05) is 47.1 Å². The van der Waals surface area contributed by atoms with Crippen LogP contribution in [0.5, 0.6) is 0 Å². The normalized spacial score (nSPS) is 18.3. The predicted molar refractivity (Wildman–Crippen MR) is 234 cm³/mol. The van der Waals surface area contributed by atoms with Gasteiger partial charge in [0.05, 0.1) is 52.0 Å². The lowest BCUT2D eigenvalue weighted by molar-refractivity contribution is -0.147. The highest BCUT2D eigenvalue weighted by Crippen LogP contribution is 2.35. The van der Waals surface area contributed by atoms with E-state index >= 15 is 0 Å². The number of aromatic nitrogens is 6. The van der Waals surface area contributed by atoms with Crippen LogP contribution in [0.1, 0.15) is 94.8 Å². The van der Waals surface area contributed by atoms with Gasteiger partial charge in [-0.3, -0.25) is 44.1 Å². The third-order valence-electron chi connectivity index (χ3n) is 11.0. The van der Waals surface area contributed by atoms with Gasteiger partial charge in [-0.1, -0.05) is 26.0 Å². The maximum atomic E-state index is 13.1. The van der Waals surface area contributed by atoms with Gasteiger partial charge in [-0.2, -0.15) is 10.2 Å². The van der Waals surface area contributed by atoms with Crippen molar-refractivity contribution in [2.75, 3.05) is 23.7 Å². The minimum atomic E-state index is -1.63. The standard InChI is InChI=1S/C22H24N6O3.C14H19N3.C8H7N3O4/c1-12-3-6-19(14-4-5-18-17(8-14)13(2)26-27-18)28(11-12)22(31)21(30)25-16-7-15(20(23)29)9-24-10-16;1-9-3-5-13(15-8-9)11-4-6-14-12(7-11)10(2)16-17-14;9-6(12)4-1-5(3-10-2-4)11-7(13)8(14)15/h4-5,7-10,12,19H,3,6,11H2,1-2H3,(H2,23,29)(H,25,30)(H,26,27);4,6-7,9,13,15H,3,5,8H2,1-2H3,(H,16,17);1-3H,(H2,9,12)(H,11,13)(H,14,15)/t12-,19+;9-,13+;/m11./s1. The van der Waals surface area contributed by atoms with E-state index in [0.29, 0.717) is 12.6 Å². The van der Waals surface area contributed by atoms with E-state index in [9.17, 15) is 28.8 Å². The van der Waals surface area contributed by atoms with Crippen molar-refractivity contribution in [1.29, 1.82) is 0 Å². The first-order valence-corrected chi connectivity index (χ1v) is 20.4. The first kappa shape index (κ1) is 45.0. The summed E-state index contributed by atoms with van der Waals surface area (Å²) in [7, 11) is 0. The topological polar surface area (TPSA) is 297 Å². The number of nitrogens with one attached hydrogen (secondary N) is 5. The number of fused-ring (bicyclic) bond motifs is 2. The van der Waals surface area contributed by atoms with Gasteiger partial charge in [-0.15, -0.1) is 0 Å². The highest BCUT2D eigenvalue weighted by atomic mass is 16.4. The Bertz CT molecular complexity index is 2670. The molecule has 0 radical (unpaired) electrons. The molecule has 0 saturated carbocycles. The Balaban J connectivity index is 0.000000174. The van der Waals surface area contributed by atoms with Crippen molar-refractivity contribution in [2.24, 2.45) is 23.3 Å². The number of benzene rings is 2. The number of nitrogens with two attached hydrogens (primary N) is 2. The van der Waals surface area contributed by atoms with Crippen molar-refractivity contribution in [3.8, 4) is 0 Å². The zero-order valence-electron chi connectivity index (χ0n) is 35.3. The molecular formula is C44H50N12O7. The molecule has 4 atom stereocenters. The van der Waals surface area contributed by atoms with Crippen molar-refractivity contribution in [3.05, 3.63) is 107 Å². The summed E-state index contributed by atoms with van der Waals surface area (Å²) in [4.78, 5) is 78.0. The van der Waals surface area contributed by atoms with Gasteiger partial charge in [0.1, 0.15) is 0 Å². The zero-order valence-corrected chi connectivity index (χ0v) is 35.3. The van der Waals surface area contributed by atoms with Gasteiger partial charge in [-0.25, -0.2) is 4.79 Å². The lowest BCUT2D eigenvalue weighted by Crippen LogP contribution is -2.46. The number of hydrogen-bond donors (Lipinski definition) is 8. The second kappa shape index (κ2) is 19.9. The van der Waals surface area contributed by atoms with Crippen LogP contribution in [0.4, 0.5) is 11.4 Å². The monoisotopic (exact) mass is 858 g/mol. The van der Waals surface area contributed by atoms with Crippen molar-refractivity contribution in [2.45, 2.75) is 65.5 Å². The number of piperidine rings is 2. The molecule has 6 heterocycles. The molecule has 2 aromatic carbocycles. The van der Waals surface area contributed by atoms with E-state index in [-0.39, 0.29) is 34.5 Å². The van der Waals surface area contributed by atoms with E-state index in [4.69, 9.17) is 16.6 Å². The molecule has 2 fully saturated rings. The van der Waals surface area contributed by atoms with Crippen LogP contribution in [-0.2, 0) is 19.2 Å². The van der Waals surface area contributed by atoms with Gasteiger partial charge in [-0.05, 0) is 105 Å². The van der Waals surface area contributed by atoms with E-state index in [1.165, 1.54) is 60.7 Å². The van der Waals surface area contributed by atoms with Gasteiger partial charge < -0.3 is 37.4 Å². The number of rotatable bonds is 6. The first-order chi connectivity index (χ1) is 30.1. The number of pyridine rings is 2. The molecule has 0 bridgehead atoms. The number of carbonyl (C=O) groups is 6. The molecule has 5 amide bonds. The Morgan fingerprint density at radius 3 is 1.73 bits per heavy atom. The summed E-state index contributed by atoms with van der Waals surface area (Å²) < 4.78 is 0. The minimum Gasteiger partial charge on any atom is -0.474 e. The summed E-state index contributed by atoms with van der Waals surface area (Å²) in [6.07, 6.45) is 9.36. The first-order valence-electron chi connectivity index (χ1n) is 20.4. The van der Waals surface area contributed by atoms with Gasteiger partial charge in [0.2, 0.25) is 11.8 Å². The molecule has 10 N–H and O–H groups in total. The fourth-order valence-electron chi connectivity index (χ4n) is 7.53. The molecular weight excluding hydrogens is 809 g/mol. The highest BCUT2D eigenvalue weighted by Gasteiger charge is 2.34. The molecule has 2 saturated heterocycles. The van der Waals surface area contributed by atoms with Gasteiger partial charge >= 0.3 is 23.7 Å². The fraction of sp³-hybridized carbons (Fsp3) is 0.318. The van der Waals surface area contributed by atoms with Crippen molar-refractivity contribution >= 4 is 68.7 Å². The molecule has 19 heteroatoms. The van der Waals surface area contributed by atoms with E-state index in [2.05, 4.69) is 80.0 Å². The minimum absolute atomic E-state index is 0.0817. The van der Waals surface area contributed by atoms with Crippen LogP contribution in [-0.4, -0.2) is 89.0 Å². The second-order valence-corrected chi connectivity index (χ2v) is 15.9. The lowest BCUT2D eigenvalue weighted by Gasteiger charge is -2.38. The average Bonchev–Trinajstić information content (AvgIpc) is 3.84. The summed E-state index contributed by atoms with van der Waals surface area (Å²) >= 11 is 0. The van der Waals surface area contributed by atoms with Gasteiger partial charge in [0.15, 0.2) is 0 Å². The maximum absolute atomic E-state index is 13.1. The van der Waals surface area contributed by atoms with Crippen molar-refractivity contribution in [3.63, 3.8) is 0 Å². The number of likely N-dealkylation sites (tertiary alicyclic amines) is 1. The molecule has 8 rings (SSSR count). The number of hydrogen-bond acceptors (Lipinski definition) is 11. The number of primary amides is 2. The molecule has 19 nitrogen and oxygen atoms in total. The highest BCUT2D eigenvalue weighted by molar-refractivity contribution is 6.39. The average molecular weight is 859 g/mol. The molecule has 0 aliphatic carbocycles. The number of anilines is 2. The summed E-state index contributed by atoms with van der Waals surface area (Å²) in [5.41, 5.74) is 17.2. The van der Waals surface area contributed by atoms with Crippen molar-refractivity contribution in [1.82, 2.24) is 40.6 Å². The summed E-state index contributed by atoms with van der Waals surface area (Å²) in [5, 5.41) is 33.3. The Kier molecular flexibility index (Phi) is 14.2. The molecule has 6 aromatic rings. The predicted octanol–water partition coefficient (Wildman–Crippen LogP) is 4.44. The van der Waals surface area contributed by atoms with Crippen LogP contribution in [0.25, 0.3) is 21.8 Å². The fourth-order valence-corrected chi connectivity index (χ4v) is 7.53.